The Kier molecular flexibility index (Phi) is 3.78. The summed E-state index contributed by atoms with van der Waals surface area (Å²) in [6.45, 7) is 3.59. The molecule has 5 heteroatoms. The van der Waals surface area contributed by atoms with E-state index in [2.05, 4.69) is 12.2 Å². The molecule has 1 aliphatic heterocycles. The summed E-state index contributed by atoms with van der Waals surface area (Å²) in [4.78, 5) is 25.3. The van der Waals surface area contributed by atoms with Gasteiger partial charge in [-0.1, -0.05) is 26.2 Å². The summed E-state index contributed by atoms with van der Waals surface area (Å²) in [5, 5.41) is 12.2. The average Bonchev–Trinajstić information content (AvgIpc) is 2.77. The van der Waals surface area contributed by atoms with Crippen molar-refractivity contribution < 1.29 is 14.7 Å². The van der Waals surface area contributed by atoms with Crippen molar-refractivity contribution in [3.05, 3.63) is 0 Å². The van der Waals surface area contributed by atoms with E-state index in [1.807, 2.05) is 0 Å². The number of aliphatic carboxylic acids is 1. The van der Waals surface area contributed by atoms with Gasteiger partial charge in [-0.15, -0.1) is 0 Å². The van der Waals surface area contributed by atoms with Gasteiger partial charge in [0.2, 0.25) is 0 Å². The summed E-state index contributed by atoms with van der Waals surface area (Å²) in [5.74, 6) is -0.370. The summed E-state index contributed by atoms with van der Waals surface area (Å²) < 4.78 is 0. The van der Waals surface area contributed by atoms with Crippen LogP contribution >= 0.6 is 0 Å². The largest absolute Gasteiger partial charge is 0.480 e. The Morgan fingerprint density at radius 1 is 1.28 bits per heavy atom. The molecule has 0 aromatic heterocycles. The quantitative estimate of drug-likeness (QED) is 0.789. The van der Waals surface area contributed by atoms with Crippen LogP contribution in [0.3, 0.4) is 0 Å². The average molecular weight is 254 g/mol. The second kappa shape index (κ2) is 5.16. The number of nitrogens with one attached hydrogen (secondary N) is 1. The van der Waals surface area contributed by atoms with Gasteiger partial charge in [-0.2, -0.15) is 0 Å². The maximum absolute atomic E-state index is 12.1. The van der Waals surface area contributed by atoms with Gasteiger partial charge in [0.05, 0.1) is 0 Å². The van der Waals surface area contributed by atoms with Crippen LogP contribution in [0.4, 0.5) is 4.79 Å². The van der Waals surface area contributed by atoms with Crippen LogP contribution in [0.1, 0.15) is 45.4 Å². The van der Waals surface area contributed by atoms with Gasteiger partial charge >= 0.3 is 12.0 Å². The Balaban J connectivity index is 2.00. The van der Waals surface area contributed by atoms with E-state index in [0.717, 1.165) is 38.8 Å². The monoisotopic (exact) mass is 254 g/mol. The van der Waals surface area contributed by atoms with E-state index >= 15 is 0 Å². The highest BCUT2D eigenvalue weighted by molar-refractivity contribution is 5.86. The molecule has 0 bridgehead atoms. The number of hydrogen-bond acceptors (Lipinski definition) is 2. The molecule has 2 aliphatic rings. The minimum absolute atomic E-state index is 0.205. The van der Waals surface area contributed by atoms with E-state index in [1.165, 1.54) is 0 Å². The highest BCUT2D eigenvalue weighted by atomic mass is 16.4. The highest BCUT2D eigenvalue weighted by Gasteiger charge is 2.42. The van der Waals surface area contributed by atoms with Crippen LogP contribution in [0.2, 0.25) is 0 Å². The molecule has 1 aliphatic carbocycles. The Morgan fingerprint density at radius 2 is 1.94 bits per heavy atom. The summed E-state index contributed by atoms with van der Waals surface area (Å²) in [5.41, 5.74) is -1.03. The van der Waals surface area contributed by atoms with Gasteiger partial charge in [-0.3, -0.25) is 0 Å². The first-order chi connectivity index (χ1) is 8.53. The SMILES string of the molecule is CC1CCN(C(=O)NC2(C(=O)O)CCCCC2)C1. The number of carbonyl (C=O) groups is 2. The van der Waals surface area contributed by atoms with Crippen LogP contribution in [0, 0.1) is 5.92 Å². The Hall–Kier alpha value is -1.26. The predicted octanol–water partition coefficient (Wildman–Crippen LogP) is 1.83. The van der Waals surface area contributed by atoms with Gasteiger partial charge in [-0.25, -0.2) is 9.59 Å². The molecule has 0 aromatic rings. The number of amides is 2. The molecule has 1 saturated carbocycles. The van der Waals surface area contributed by atoms with Gasteiger partial charge in [0, 0.05) is 13.1 Å². The fourth-order valence-electron chi connectivity index (χ4n) is 2.95. The zero-order valence-corrected chi connectivity index (χ0v) is 10.9. The molecule has 1 atom stereocenters. The van der Waals surface area contributed by atoms with Crippen molar-refractivity contribution in [3.63, 3.8) is 0 Å². The van der Waals surface area contributed by atoms with E-state index in [0.29, 0.717) is 18.8 Å². The van der Waals surface area contributed by atoms with Gasteiger partial charge in [0.15, 0.2) is 0 Å². The molecule has 2 amide bonds. The van der Waals surface area contributed by atoms with E-state index in [-0.39, 0.29) is 6.03 Å². The number of carboxylic acid groups (broad SMARTS) is 1. The third kappa shape index (κ3) is 2.60. The molecule has 0 spiro atoms. The smallest absolute Gasteiger partial charge is 0.329 e. The molecule has 1 unspecified atom stereocenters. The Morgan fingerprint density at radius 3 is 2.44 bits per heavy atom. The molecule has 2 fully saturated rings. The number of likely N-dealkylation sites (tertiary alicyclic amines) is 1. The second-order valence-electron chi connectivity index (χ2n) is 5.72. The van der Waals surface area contributed by atoms with Crippen LogP contribution in [-0.4, -0.2) is 40.6 Å². The van der Waals surface area contributed by atoms with Crippen molar-refractivity contribution in [2.45, 2.75) is 51.0 Å². The number of carbonyl (C=O) groups excluding carboxylic acids is 1. The molecule has 1 heterocycles. The Bertz CT molecular complexity index is 337. The topological polar surface area (TPSA) is 69.6 Å². The first-order valence-electron chi connectivity index (χ1n) is 6.84. The molecule has 1 saturated heterocycles. The predicted molar refractivity (Wildman–Crippen MR) is 67.3 cm³/mol. The lowest BCUT2D eigenvalue weighted by atomic mass is 9.82. The lowest BCUT2D eigenvalue weighted by molar-refractivity contribution is -0.145. The summed E-state index contributed by atoms with van der Waals surface area (Å²) in [6, 6.07) is -0.205. The molecule has 0 aromatic carbocycles. The van der Waals surface area contributed by atoms with Crippen LogP contribution in [-0.2, 0) is 4.79 Å². The minimum atomic E-state index is -1.03. The standard InChI is InChI=1S/C13H22N2O3/c1-10-5-8-15(9-10)12(18)14-13(11(16)17)6-3-2-4-7-13/h10H,2-9H2,1H3,(H,14,18)(H,16,17). The molecule has 5 nitrogen and oxygen atoms in total. The van der Waals surface area contributed by atoms with E-state index in [9.17, 15) is 14.7 Å². The third-order valence-electron chi connectivity index (χ3n) is 4.17. The van der Waals surface area contributed by atoms with Crippen LogP contribution in [0.5, 0.6) is 0 Å². The second-order valence-corrected chi connectivity index (χ2v) is 5.72. The van der Waals surface area contributed by atoms with Crippen LogP contribution < -0.4 is 5.32 Å². The summed E-state index contributed by atoms with van der Waals surface area (Å²) in [6.07, 6.45) is 4.93. The lowest BCUT2D eigenvalue weighted by Gasteiger charge is -2.35. The third-order valence-corrected chi connectivity index (χ3v) is 4.17. The zero-order valence-electron chi connectivity index (χ0n) is 10.9. The van der Waals surface area contributed by atoms with E-state index in [4.69, 9.17) is 0 Å². The molecule has 0 radical (unpaired) electrons. The summed E-state index contributed by atoms with van der Waals surface area (Å²) in [7, 11) is 0. The van der Waals surface area contributed by atoms with Crippen molar-refractivity contribution in [1.82, 2.24) is 10.2 Å². The van der Waals surface area contributed by atoms with Gasteiger partial charge in [-0.05, 0) is 25.2 Å². The highest BCUT2D eigenvalue weighted by Crippen LogP contribution is 2.29. The van der Waals surface area contributed by atoms with Crippen molar-refractivity contribution in [2.75, 3.05) is 13.1 Å². The fraction of sp³-hybridized carbons (Fsp3) is 0.846. The van der Waals surface area contributed by atoms with Gasteiger partial charge in [0.25, 0.3) is 0 Å². The van der Waals surface area contributed by atoms with Crippen molar-refractivity contribution in [3.8, 4) is 0 Å². The maximum atomic E-state index is 12.1. The molecular weight excluding hydrogens is 232 g/mol. The normalized spacial score (nSPS) is 26.9. The lowest BCUT2D eigenvalue weighted by Crippen LogP contribution is -2.58. The number of rotatable bonds is 2. The first-order valence-corrected chi connectivity index (χ1v) is 6.84. The maximum Gasteiger partial charge on any atom is 0.329 e. The number of hydrogen-bond donors (Lipinski definition) is 2. The number of nitrogens with zero attached hydrogens (tertiary/aromatic N) is 1. The molecule has 2 N–H and O–H groups in total. The van der Waals surface area contributed by atoms with Crippen molar-refractivity contribution >= 4 is 12.0 Å². The van der Waals surface area contributed by atoms with Crippen LogP contribution in [0.15, 0.2) is 0 Å². The van der Waals surface area contributed by atoms with E-state index in [1.54, 1.807) is 4.90 Å². The Labute approximate surface area is 108 Å². The van der Waals surface area contributed by atoms with Gasteiger partial charge in [0.1, 0.15) is 5.54 Å². The number of carboxylic acids is 1. The molecular formula is C13H22N2O3. The fourth-order valence-corrected chi connectivity index (χ4v) is 2.95. The summed E-state index contributed by atoms with van der Waals surface area (Å²) >= 11 is 0. The van der Waals surface area contributed by atoms with Crippen molar-refractivity contribution in [2.24, 2.45) is 5.92 Å². The first kappa shape index (κ1) is 13.2. The minimum Gasteiger partial charge on any atom is -0.480 e. The van der Waals surface area contributed by atoms with Gasteiger partial charge < -0.3 is 15.3 Å². The van der Waals surface area contributed by atoms with Crippen LogP contribution in [0.25, 0.3) is 0 Å². The molecule has 102 valence electrons. The molecule has 18 heavy (non-hydrogen) atoms. The van der Waals surface area contributed by atoms with Crippen molar-refractivity contribution in [1.29, 1.82) is 0 Å². The van der Waals surface area contributed by atoms with E-state index < -0.39 is 11.5 Å². The zero-order chi connectivity index (χ0) is 13.2. The molecule has 2 rings (SSSR count). The number of urea groups is 1.